The van der Waals surface area contributed by atoms with Crippen LogP contribution in [0.15, 0.2) is 23.8 Å². The van der Waals surface area contributed by atoms with Crippen LogP contribution in [0.3, 0.4) is 0 Å². The van der Waals surface area contributed by atoms with Crippen molar-refractivity contribution in [2.45, 2.75) is 50.5 Å². The SMILES string of the molecule is Clc1cccc2c1NC1(CCCC1)C1=C2CCC1. The lowest BCUT2D eigenvalue weighted by Crippen LogP contribution is -2.39. The monoisotopic (exact) mass is 259 g/mol. The van der Waals surface area contributed by atoms with E-state index in [0.717, 1.165) is 5.02 Å². The van der Waals surface area contributed by atoms with Crippen LogP contribution in [0.1, 0.15) is 50.5 Å². The Hall–Kier alpha value is -0.950. The van der Waals surface area contributed by atoms with Gasteiger partial charge in [-0.15, -0.1) is 0 Å². The summed E-state index contributed by atoms with van der Waals surface area (Å²) >= 11 is 6.41. The van der Waals surface area contributed by atoms with Crippen LogP contribution in [-0.2, 0) is 0 Å². The quantitative estimate of drug-likeness (QED) is 0.690. The van der Waals surface area contributed by atoms with Gasteiger partial charge >= 0.3 is 0 Å². The molecule has 18 heavy (non-hydrogen) atoms. The fourth-order valence-electron chi connectivity index (χ4n) is 4.19. The zero-order valence-electron chi connectivity index (χ0n) is 10.6. The van der Waals surface area contributed by atoms with Gasteiger partial charge in [0.15, 0.2) is 0 Å². The second-order valence-electron chi connectivity index (χ2n) is 5.89. The van der Waals surface area contributed by atoms with Gasteiger partial charge in [-0.25, -0.2) is 0 Å². The molecule has 1 aromatic rings. The Kier molecular flexibility index (Phi) is 2.29. The van der Waals surface area contributed by atoms with E-state index < -0.39 is 0 Å². The summed E-state index contributed by atoms with van der Waals surface area (Å²) in [6, 6.07) is 6.33. The first-order chi connectivity index (χ1) is 8.80. The van der Waals surface area contributed by atoms with Gasteiger partial charge in [0, 0.05) is 5.56 Å². The highest BCUT2D eigenvalue weighted by atomic mass is 35.5. The molecular weight excluding hydrogens is 242 g/mol. The third kappa shape index (κ3) is 1.34. The Morgan fingerprint density at radius 1 is 1.06 bits per heavy atom. The zero-order chi connectivity index (χ0) is 12.2. The Morgan fingerprint density at radius 3 is 2.72 bits per heavy atom. The molecule has 0 atom stereocenters. The first kappa shape index (κ1) is 10.9. The molecule has 2 heteroatoms. The summed E-state index contributed by atoms with van der Waals surface area (Å²) < 4.78 is 0. The molecule has 1 heterocycles. The standard InChI is InChI=1S/C16H18ClN/c17-14-8-4-6-12-11-5-3-7-13(11)16(18-15(12)14)9-1-2-10-16/h4,6,8,18H,1-3,5,7,9-10H2. The fourth-order valence-corrected chi connectivity index (χ4v) is 4.41. The van der Waals surface area contributed by atoms with E-state index in [1.165, 1.54) is 56.2 Å². The molecule has 1 spiro atoms. The molecule has 1 aliphatic heterocycles. The first-order valence-corrected chi connectivity index (χ1v) is 7.48. The van der Waals surface area contributed by atoms with Crippen LogP contribution in [0.25, 0.3) is 5.57 Å². The van der Waals surface area contributed by atoms with Gasteiger partial charge in [0.25, 0.3) is 0 Å². The van der Waals surface area contributed by atoms with Gasteiger partial charge in [0.05, 0.1) is 16.2 Å². The molecule has 0 saturated heterocycles. The number of fused-ring (bicyclic) bond motifs is 3. The summed E-state index contributed by atoms with van der Waals surface area (Å²) in [5, 5.41) is 4.71. The van der Waals surface area contributed by atoms with Gasteiger partial charge < -0.3 is 5.32 Å². The van der Waals surface area contributed by atoms with Crippen LogP contribution in [0.5, 0.6) is 0 Å². The van der Waals surface area contributed by atoms with Crippen LogP contribution in [0, 0.1) is 0 Å². The molecular formula is C16H18ClN. The van der Waals surface area contributed by atoms with E-state index in [2.05, 4.69) is 17.4 Å². The molecule has 1 saturated carbocycles. The number of rotatable bonds is 0. The minimum absolute atomic E-state index is 0.254. The maximum Gasteiger partial charge on any atom is 0.0644 e. The first-order valence-electron chi connectivity index (χ1n) is 7.10. The number of allylic oxidation sites excluding steroid dienone is 1. The van der Waals surface area contributed by atoms with Gasteiger partial charge in [-0.1, -0.05) is 36.6 Å². The molecule has 0 aromatic heterocycles. The second kappa shape index (κ2) is 3.77. The third-order valence-corrected chi connectivity index (χ3v) is 5.27. The van der Waals surface area contributed by atoms with Crippen molar-refractivity contribution < 1.29 is 0 Å². The average Bonchev–Trinajstić information content (AvgIpc) is 3.01. The number of nitrogens with one attached hydrogen (secondary N) is 1. The number of hydrogen-bond donors (Lipinski definition) is 1. The topological polar surface area (TPSA) is 12.0 Å². The van der Waals surface area contributed by atoms with Gasteiger partial charge in [0.2, 0.25) is 0 Å². The smallest absolute Gasteiger partial charge is 0.0644 e. The molecule has 4 rings (SSSR count). The van der Waals surface area contributed by atoms with Crippen LogP contribution in [0.2, 0.25) is 5.02 Å². The van der Waals surface area contributed by atoms with Crippen molar-refractivity contribution in [3.63, 3.8) is 0 Å². The van der Waals surface area contributed by atoms with Crippen molar-refractivity contribution in [2.24, 2.45) is 0 Å². The number of anilines is 1. The lowest BCUT2D eigenvalue weighted by Gasteiger charge is -2.39. The molecule has 2 aliphatic carbocycles. The van der Waals surface area contributed by atoms with Gasteiger partial charge in [0.1, 0.15) is 0 Å². The fraction of sp³-hybridized carbons (Fsp3) is 0.500. The van der Waals surface area contributed by atoms with Crippen LogP contribution in [-0.4, -0.2) is 5.54 Å². The molecule has 0 amide bonds. The number of benzene rings is 1. The number of halogens is 1. The van der Waals surface area contributed by atoms with Crippen molar-refractivity contribution in [3.8, 4) is 0 Å². The summed E-state index contributed by atoms with van der Waals surface area (Å²) in [5.74, 6) is 0. The molecule has 0 unspecified atom stereocenters. The normalized spacial score (nSPS) is 24.1. The molecule has 0 bridgehead atoms. The summed E-state index contributed by atoms with van der Waals surface area (Å²) in [7, 11) is 0. The molecule has 1 nitrogen and oxygen atoms in total. The van der Waals surface area contributed by atoms with E-state index in [0.29, 0.717) is 0 Å². The Bertz CT molecular complexity index is 538. The van der Waals surface area contributed by atoms with Gasteiger partial charge in [-0.05, 0) is 49.3 Å². The zero-order valence-corrected chi connectivity index (χ0v) is 11.3. The lowest BCUT2D eigenvalue weighted by atomic mass is 9.80. The minimum atomic E-state index is 0.254. The second-order valence-corrected chi connectivity index (χ2v) is 6.29. The predicted octanol–water partition coefficient (Wildman–Crippen LogP) is 5.02. The van der Waals surface area contributed by atoms with Gasteiger partial charge in [-0.2, -0.15) is 0 Å². The molecule has 3 aliphatic rings. The summed E-state index contributed by atoms with van der Waals surface area (Å²) in [5.41, 5.74) is 6.13. The Morgan fingerprint density at radius 2 is 1.89 bits per heavy atom. The summed E-state index contributed by atoms with van der Waals surface area (Å²) in [6.07, 6.45) is 9.13. The largest absolute Gasteiger partial charge is 0.374 e. The van der Waals surface area contributed by atoms with E-state index in [4.69, 9.17) is 11.6 Å². The predicted molar refractivity (Wildman–Crippen MR) is 77.0 cm³/mol. The van der Waals surface area contributed by atoms with Crippen LogP contribution < -0.4 is 5.32 Å². The summed E-state index contributed by atoms with van der Waals surface area (Å²) in [6.45, 7) is 0. The highest BCUT2D eigenvalue weighted by Crippen LogP contribution is 2.53. The Balaban J connectivity index is 1.95. The van der Waals surface area contributed by atoms with E-state index >= 15 is 0 Å². The maximum atomic E-state index is 6.41. The van der Waals surface area contributed by atoms with E-state index in [1.807, 2.05) is 6.07 Å². The third-order valence-electron chi connectivity index (χ3n) is 4.96. The van der Waals surface area contributed by atoms with Crippen molar-refractivity contribution in [3.05, 3.63) is 34.4 Å². The van der Waals surface area contributed by atoms with Crippen molar-refractivity contribution >= 4 is 22.9 Å². The molecule has 1 fully saturated rings. The van der Waals surface area contributed by atoms with Crippen LogP contribution in [0.4, 0.5) is 5.69 Å². The Labute approximate surface area is 113 Å². The van der Waals surface area contributed by atoms with Crippen molar-refractivity contribution in [1.82, 2.24) is 0 Å². The molecule has 0 radical (unpaired) electrons. The molecule has 1 aromatic carbocycles. The molecule has 94 valence electrons. The van der Waals surface area contributed by atoms with Crippen molar-refractivity contribution in [2.75, 3.05) is 5.32 Å². The van der Waals surface area contributed by atoms with Crippen LogP contribution >= 0.6 is 11.6 Å². The number of hydrogen-bond acceptors (Lipinski definition) is 1. The van der Waals surface area contributed by atoms with E-state index in [9.17, 15) is 0 Å². The maximum absolute atomic E-state index is 6.41. The molecule has 1 N–H and O–H groups in total. The number of para-hydroxylation sites is 1. The highest BCUT2D eigenvalue weighted by molar-refractivity contribution is 6.33. The van der Waals surface area contributed by atoms with E-state index in [-0.39, 0.29) is 5.54 Å². The highest BCUT2D eigenvalue weighted by Gasteiger charge is 2.43. The van der Waals surface area contributed by atoms with Crippen molar-refractivity contribution in [1.29, 1.82) is 0 Å². The average molecular weight is 260 g/mol. The minimum Gasteiger partial charge on any atom is -0.374 e. The lowest BCUT2D eigenvalue weighted by molar-refractivity contribution is 0.545. The van der Waals surface area contributed by atoms with E-state index in [1.54, 1.807) is 11.1 Å². The van der Waals surface area contributed by atoms with Gasteiger partial charge in [-0.3, -0.25) is 0 Å². The summed E-state index contributed by atoms with van der Waals surface area (Å²) in [4.78, 5) is 0.